The monoisotopic (exact) mass is 282 g/mol. The number of carbonyl (C=O) groups is 2. The third-order valence-electron chi connectivity index (χ3n) is 2.88. The van der Waals surface area contributed by atoms with Gasteiger partial charge in [0.1, 0.15) is 0 Å². The van der Waals surface area contributed by atoms with Gasteiger partial charge < -0.3 is 15.3 Å². The Morgan fingerprint density at radius 2 is 2.05 bits per heavy atom. The summed E-state index contributed by atoms with van der Waals surface area (Å²) in [5, 5.41) is 10.7. The molecule has 8 heteroatoms. The molecule has 0 radical (unpaired) electrons. The maximum absolute atomic E-state index is 12.0. The van der Waals surface area contributed by atoms with E-state index in [9.17, 15) is 22.8 Å². The molecular formula is C11H17F3N2O3. The second kappa shape index (κ2) is 6.74. The molecule has 0 bridgehead atoms. The molecule has 110 valence electrons. The van der Waals surface area contributed by atoms with Crippen LogP contribution in [0.15, 0.2) is 0 Å². The molecule has 0 aromatic rings. The van der Waals surface area contributed by atoms with Crippen LogP contribution in [0.1, 0.15) is 25.7 Å². The molecule has 19 heavy (non-hydrogen) atoms. The number of nitrogens with one attached hydrogen (secondary N) is 1. The summed E-state index contributed by atoms with van der Waals surface area (Å²) in [5.74, 6) is -0.859. The number of halogens is 3. The van der Waals surface area contributed by atoms with Gasteiger partial charge in [-0.25, -0.2) is 0 Å². The van der Waals surface area contributed by atoms with E-state index in [2.05, 4.69) is 0 Å². The Morgan fingerprint density at radius 3 is 2.68 bits per heavy atom. The van der Waals surface area contributed by atoms with Gasteiger partial charge >= 0.3 is 6.18 Å². The van der Waals surface area contributed by atoms with Crippen molar-refractivity contribution in [3.05, 3.63) is 0 Å². The number of nitrogens with zero attached hydrogens (tertiary/aromatic N) is 1. The van der Waals surface area contributed by atoms with Crippen molar-refractivity contribution in [2.24, 2.45) is 0 Å². The van der Waals surface area contributed by atoms with Gasteiger partial charge in [-0.15, -0.1) is 0 Å². The number of rotatable bonds is 4. The molecule has 1 heterocycles. The maximum Gasteiger partial charge on any atom is 0.416 e. The van der Waals surface area contributed by atoms with Gasteiger partial charge in [0, 0.05) is 13.0 Å². The number of aliphatic hydroxyl groups excluding tert-OH is 1. The van der Waals surface area contributed by atoms with Gasteiger partial charge in [0.15, 0.2) is 6.10 Å². The molecule has 0 spiro atoms. The van der Waals surface area contributed by atoms with Crippen LogP contribution in [0.25, 0.3) is 0 Å². The number of amides is 2. The van der Waals surface area contributed by atoms with E-state index >= 15 is 0 Å². The number of carbonyl (C=O) groups excluding carboxylic acids is 2. The second-order valence-electron chi connectivity index (χ2n) is 4.49. The van der Waals surface area contributed by atoms with Crippen molar-refractivity contribution in [1.82, 2.24) is 10.2 Å². The third kappa shape index (κ3) is 5.46. The van der Waals surface area contributed by atoms with Crippen LogP contribution in [0, 0.1) is 0 Å². The first-order valence-corrected chi connectivity index (χ1v) is 6.10. The van der Waals surface area contributed by atoms with Crippen LogP contribution < -0.4 is 5.32 Å². The van der Waals surface area contributed by atoms with Crippen LogP contribution in [0.2, 0.25) is 0 Å². The minimum absolute atomic E-state index is 0.163. The molecule has 2 amide bonds. The van der Waals surface area contributed by atoms with Crippen molar-refractivity contribution in [3.8, 4) is 0 Å². The minimum atomic E-state index is -4.76. The Labute approximate surface area is 108 Å². The van der Waals surface area contributed by atoms with Crippen molar-refractivity contribution in [2.75, 3.05) is 19.6 Å². The Bertz CT molecular complexity index is 334. The highest BCUT2D eigenvalue weighted by Gasteiger charge is 2.38. The molecule has 2 N–H and O–H groups in total. The summed E-state index contributed by atoms with van der Waals surface area (Å²) in [7, 11) is 0. The lowest BCUT2D eigenvalue weighted by atomic mass is 10.2. The van der Waals surface area contributed by atoms with Gasteiger partial charge in [0.05, 0.1) is 13.1 Å². The molecule has 5 nitrogen and oxygen atoms in total. The van der Waals surface area contributed by atoms with Gasteiger partial charge in [-0.05, 0) is 12.8 Å². The summed E-state index contributed by atoms with van der Waals surface area (Å²) >= 11 is 0. The predicted molar refractivity (Wildman–Crippen MR) is 60.1 cm³/mol. The van der Waals surface area contributed by atoms with Crippen molar-refractivity contribution in [2.45, 2.75) is 38.0 Å². The van der Waals surface area contributed by atoms with Crippen molar-refractivity contribution in [1.29, 1.82) is 0 Å². The highest BCUT2D eigenvalue weighted by Crippen LogP contribution is 2.19. The summed E-state index contributed by atoms with van der Waals surface area (Å²) in [6.07, 6.45) is -4.54. The van der Waals surface area contributed by atoms with Crippen LogP contribution in [-0.2, 0) is 9.59 Å². The molecule has 0 aliphatic carbocycles. The predicted octanol–water partition coefficient (Wildman–Crippen LogP) is 0.428. The first kappa shape index (κ1) is 15.7. The van der Waals surface area contributed by atoms with E-state index in [0.29, 0.717) is 13.0 Å². The average Bonchev–Trinajstić information content (AvgIpc) is 2.51. The van der Waals surface area contributed by atoms with Crippen LogP contribution in [0.5, 0.6) is 0 Å². The lowest BCUT2D eigenvalue weighted by Gasteiger charge is -2.21. The average molecular weight is 282 g/mol. The zero-order valence-electron chi connectivity index (χ0n) is 10.4. The Morgan fingerprint density at radius 1 is 1.37 bits per heavy atom. The number of hydrogen-bond donors (Lipinski definition) is 2. The highest BCUT2D eigenvalue weighted by atomic mass is 19.4. The largest absolute Gasteiger partial charge is 0.416 e. The smallest absolute Gasteiger partial charge is 0.382 e. The van der Waals surface area contributed by atoms with E-state index in [-0.39, 0.29) is 12.5 Å². The maximum atomic E-state index is 12.0. The molecule has 0 saturated carbocycles. The van der Waals surface area contributed by atoms with Gasteiger partial charge in [-0.1, -0.05) is 6.42 Å². The molecule has 1 rings (SSSR count). The van der Waals surface area contributed by atoms with Crippen LogP contribution >= 0.6 is 0 Å². The SMILES string of the molecule is O=C(CN1CCCCCC1=O)NCC(O)C(F)(F)F. The second-order valence-corrected chi connectivity index (χ2v) is 4.49. The molecule has 0 aromatic heterocycles. The lowest BCUT2D eigenvalue weighted by Crippen LogP contribution is -2.45. The van der Waals surface area contributed by atoms with E-state index in [0.717, 1.165) is 19.3 Å². The lowest BCUT2D eigenvalue weighted by molar-refractivity contribution is -0.201. The fourth-order valence-corrected chi connectivity index (χ4v) is 1.76. The van der Waals surface area contributed by atoms with Crippen LogP contribution in [-0.4, -0.2) is 53.7 Å². The van der Waals surface area contributed by atoms with E-state index in [1.54, 1.807) is 0 Å². The topological polar surface area (TPSA) is 69.6 Å². The van der Waals surface area contributed by atoms with Gasteiger partial charge in [-0.3, -0.25) is 9.59 Å². The van der Waals surface area contributed by atoms with Gasteiger partial charge in [-0.2, -0.15) is 13.2 Å². The Hall–Kier alpha value is -1.31. The zero-order valence-corrected chi connectivity index (χ0v) is 10.4. The van der Waals surface area contributed by atoms with Crippen molar-refractivity contribution < 1.29 is 27.9 Å². The summed E-state index contributed by atoms with van der Waals surface area (Å²) in [5.41, 5.74) is 0. The van der Waals surface area contributed by atoms with Gasteiger partial charge in [0.2, 0.25) is 11.8 Å². The Balaban J connectivity index is 2.36. The molecule has 0 aromatic carbocycles. The molecule has 1 atom stereocenters. The quantitative estimate of drug-likeness (QED) is 0.785. The van der Waals surface area contributed by atoms with Gasteiger partial charge in [0.25, 0.3) is 0 Å². The van der Waals surface area contributed by atoms with E-state index in [1.165, 1.54) is 4.90 Å². The first-order chi connectivity index (χ1) is 8.80. The first-order valence-electron chi connectivity index (χ1n) is 6.10. The normalized spacial score (nSPS) is 18.9. The summed E-state index contributed by atoms with van der Waals surface area (Å²) in [4.78, 5) is 24.3. The Kier molecular flexibility index (Phi) is 5.59. The standard InChI is InChI=1S/C11H17F3N2O3/c12-11(13,14)8(17)6-15-9(18)7-16-5-3-1-2-4-10(16)19/h8,17H,1-7H2,(H,15,18). The van der Waals surface area contributed by atoms with Crippen molar-refractivity contribution in [3.63, 3.8) is 0 Å². The summed E-state index contributed by atoms with van der Waals surface area (Å²) < 4.78 is 36.0. The highest BCUT2D eigenvalue weighted by molar-refractivity contribution is 5.84. The van der Waals surface area contributed by atoms with E-state index in [4.69, 9.17) is 5.11 Å². The molecule has 1 saturated heterocycles. The number of alkyl halides is 3. The van der Waals surface area contributed by atoms with Crippen molar-refractivity contribution >= 4 is 11.8 Å². The fourth-order valence-electron chi connectivity index (χ4n) is 1.76. The summed E-state index contributed by atoms with van der Waals surface area (Å²) in [6, 6.07) is 0. The third-order valence-corrected chi connectivity index (χ3v) is 2.88. The molecular weight excluding hydrogens is 265 g/mol. The summed E-state index contributed by atoms with van der Waals surface area (Å²) in [6.45, 7) is -0.720. The number of likely N-dealkylation sites (tertiary alicyclic amines) is 1. The van der Waals surface area contributed by atoms with Crippen LogP contribution in [0.4, 0.5) is 13.2 Å². The molecule has 1 unspecified atom stereocenters. The minimum Gasteiger partial charge on any atom is -0.382 e. The zero-order chi connectivity index (χ0) is 14.5. The molecule has 1 aliphatic heterocycles. The van der Waals surface area contributed by atoms with E-state index < -0.39 is 24.7 Å². The van der Waals surface area contributed by atoms with E-state index in [1.807, 2.05) is 5.32 Å². The molecule has 1 aliphatic rings. The molecule has 1 fully saturated rings. The number of hydrogen-bond acceptors (Lipinski definition) is 3. The van der Waals surface area contributed by atoms with Crippen LogP contribution in [0.3, 0.4) is 0 Å². The fraction of sp³-hybridized carbons (Fsp3) is 0.818. The number of aliphatic hydroxyl groups is 1.